The third kappa shape index (κ3) is 2.70. The van der Waals surface area contributed by atoms with E-state index in [1.807, 2.05) is 0 Å². The normalized spacial score (nSPS) is 30.2. The summed E-state index contributed by atoms with van der Waals surface area (Å²) in [6.07, 6.45) is 1.97. The molecule has 0 spiro atoms. The number of carbonyl (C=O) groups excluding carboxylic acids is 1. The lowest BCUT2D eigenvalue weighted by atomic mass is 10.1. The van der Waals surface area contributed by atoms with Crippen molar-refractivity contribution in [1.82, 2.24) is 10.6 Å². The Morgan fingerprint density at radius 2 is 2.38 bits per heavy atom. The van der Waals surface area contributed by atoms with Crippen LogP contribution in [0.25, 0.3) is 0 Å². The first-order valence-electron chi connectivity index (χ1n) is 5.92. The number of nitrogens with one attached hydrogen (secondary N) is 2. The zero-order chi connectivity index (χ0) is 11.5. The lowest BCUT2D eigenvalue weighted by Gasteiger charge is -2.23. The van der Waals surface area contributed by atoms with Crippen LogP contribution >= 0.6 is 11.8 Å². The molecule has 0 aromatic carbocycles. The highest BCUT2D eigenvalue weighted by molar-refractivity contribution is 8.14. The molecule has 0 aromatic rings. The van der Waals surface area contributed by atoms with Gasteiger partial charge < -0.3 is 10.6 Å². The molecule has 0 saturated carbocycles. The van der Waals surface area contributed by atoms with Crippen LogP contribution in [0, 0.1) is 5.92 Å². The predicted molar refractivity (Wildman–Crippen MR) is 67.7 cm³/mol. The van der Waals surface area contributed by atoms with Gasteiger partial charge in [0.1, 0.15) is 6.04 Å². The van der Waals surface area contributed by atoms with Crippen LogP contribution in [0.15, 0.2) is 4.99 Å². The second-order valence-electron chi connectivity index (χ2n) is 4.68. The summed E-state index contributed by atoms with van der Waals surface area (Å²) >= 11 is 1.77. The summed E-state index contributed by atoms with van der Waals surface area (Å²) in [5, 5.41) is 7.64. The molecule has 0 aromatic heterocycles. The Balaban J connectivity index is 1.84. The van der Waals surface area contributed by atoms with Gasteiger partial charge in [0.15, 0.2) is 5.17 Å². The van der Waals surface area contributed by atoms with E-state index in [1.54, 1.807) is 11.8 Å². The Morgan fingerprint density at radius 3 is 3.00 bits per heavy atom. The molecule has 5 heteroatoms. The molecule has 4 nitrogen and oxygen atoms in total. The number of amidine groups is 1. The lowest BCUT2D eigenvalue weighted by molar-refractivity contribution is -0.124. The van der Waals surface area contributed by atoms with Gasteiger partial charge in [0.05, 0.1) is 6.54 Å². The number of hydrogen-bond acceptors (Lipinski definition) is 4. The molecule has 2 atom stereocenters. The molecule has 2 aliphatic rings. The second kappa shape index (κ2) is 5.08. The average Bonchev–Trinajstić information content (AvgIpc) is 2.70. The van der Waals surface area contributed by atoms with Crippen molar-refractivity contribution in [2.24, 2.45) is 10.9 Å². The number of nitrogens with zero attached hydrogens (tertiary/aromatic N) is 1. The Hall–Kier alpha value is -0.710. The summed E-state index contributed by atoms with van der Waals surface area (Å²) in [6.45, 7) is 6.11. The molecule has 1 fully saturated rings. The van der Waals surface area contributed by atoms with E-state index >= 15 is 0 Å². The molecule has 90 valence electrons. The Labute approximate surface area is 101 Å². The fourth-order valence-electron chi connectivity index (χ4n) is 1.88. The van der Waals surface area contributed by atoms with Gasteiger partial charge in [0, 0.05) is 11.8 Å². The van der Waals surface area contributed by atoms with Crippen molar-refractivity contribution >= 4 is 22.8 Å². The summed E-state index contributed by atoms with van der Waals surface area (Å²) in [4.78, 5) is 16.0. The average molecular weight is 241 g/mol. The topological polar surface area (TPSA) is 53.5 Å². The van der Waals surface area contributed by atoms with Crippen molar-refractivity contribution in [2.45, 2.75) is 38.0 Å². The number of carbonyl (C=O) groups is 1. The summed E-state index contributed by atoms with van der Waals surface area (Å²) in [5.41, 5.74) is 0. The van der Waals surface area contributed by atoms with Crippen LogP contribution in [-0.4, -0.2) is 35.5 Å². The third-order valence-electron chi connectivity index (χ3n) is 3.00. The number of amides is 1. The number of thioether (sulfide) groups is 1. The van der Waals surface area contributed by atoms with Gasteiger partial charge in [-0.3, -0.25) is 9.79 Å². The molecule has 2 rings (SSSR count). The fourth-order valence-corrected chi connectivity index (χ4v) is 2.94. The maximum atomic E-state index is 11.6. The van der Waals surface area contributed by atoms with E-state index in [9.17, 15) is 4.79 Å². The van der Waals surface area contributed by atoms with Gasteiger partial charge in [-0.15, -0.1) is 0 Å². The van der Waals surface area contributed by atoms with E-state index in [0.717, 1.165) is 31.1 Å². The molecule has 2 heterocycles. The Kier molecular flexibility index (Phi) is 3.74. The van der Waals surface area contributed by atoms with E-state index in [-0.39, 0.29) is 11.9 Å². The van der Waals surface area contributed by atoms with Gasteiger partial charge >= 0.3 is 0 Å². The van der Waals surface area contributed by atoms with Gasteiger partial charge in [0.2, 0.25) is 5.91 Å². The molecule has 1 amide bonds. The predicted octanol–water partition coefficient (Wildman–Crippen LogP) is 0.982. The number of hydrogen-bond donors (Lipinski definition) is 2. The van der Waals surface area contributed by atoms with Crippen LogP contribution in [0.5, 0.6) is 0 Å². The van der Waals surface area contributed by atoms with Crippen LogP contribution < -0.4 is 10.6 Å². The van der Waals surface area contributed by atoms with E-state index in [2.05, 4.69) is 29.5 Å². The molecule has 0 aliphatic carbocycles. The molecule has 0 radical (unpaired) electrons. The number of rotatable bonds is 2. The highest BCUT2D eigenvalue weighted by Crippen LogP contribution is 2.26. The van der Waals surface area contributed by atoms with E-state index in [1.165, 1.54) is 0 Å². The first kappa shape index (κ1) is 11.8. The van der Waals surface area contributed by atoms with Gasteiger partial charge in [0.25, 0.3) is 0 Å². The zero-order valence-electron chi connectivity index (χ0n) is 9.82. The highest BCUT2D eigenvalue weighted by Gasteiger charge is 2.27. The number of piperidine rings is 1. The van der Waals surface area contributed by atoms with Crippen LogP contribution in [-0.2, 0) is 4.79 Å². The molecule has 0 bridgehead atoms. The Bertz CT molecular complexity index is 304. The van der Waals surface area contributed by atoms with E-state index < -0.39 is 0 Å². The largest absolute Gasteiger partial charge is 0.354 e. The van der Waals surface area contributed by atoms with Crippen molar-refractivity contribution in [3.8, 4) is 0 Å². The van der Waals surface area contributed by atoms with Gasteiger partial charge in [-0.2, -0.15) is 0 Å². The minimum absolute atomic E-state index is 0.0779. The molecule has 16 heavy (non-hydrogen) atoms. The van der Waals surface area contributed by atoms with Crippen LogP contribution in [0.4, 0.5) is 0 Å². The maximum absolute atomic E-state index is 11.6. The standard InChI is InChI=1S/C11H19N3OS/c1-7(2)9-6-13-11(16-9)14-8-4-3-5-12-10(8)15/h7-9H,3-6H2,1-2H3,(H,12,15)(H,13,14). The summed E-state index contributed by atoms with van der Waals surface area (Å²) < 4.78 is 0. The molecular weight excluding hydrogens is 222 g/mol. The first-order chi connectivity index (χ1) is 7.66. The molecule has 2 N–H and O–H groups in total. The molecular formula is C11H19N3OS. The minimum atomic E-state index is -0.0779. The molecule has 1 saturated heterocycles. The van der Waals surface area contributed by atoms with E-state index in [4.69, 9.17) is 0 Å². The van der Waals surface area contributed by atoms with Crippen molar-refractivity contribution in [3.05, 3.63) is 0 Å². The van der Waals surface area contributed by atoms with Crippen molar-refractivity contribution < 1.29 is 4.79 Å². The maximum Gasteiger partial charge on any atom is 0.242 e. The lowest BCUT2D eigenvalue weighted by Crippen LogP contribution is -2.49. The van der Waals surface area contributed by atoms with Gasteiger partial charge in [-0.05, 0) is 18.8 Å². The smallest absolute Gasteiger partial charge is 0.242 e. The SMILES string of the molecule is CC(C)C1CN=C(NC2CCCNC2=O)S1. The monoisotopic (exact) mass is 241 g/mol. The summed E-state index contributed by atoms with van der Waals surface area (Å²) in [7, 11) is 0. The minimum Gasteiger partial charge on any atom is -0.354 e. The molecule has 2 aliphatic heterocycles. The van der Waals surface area contributed by atoms with E-state index in [0.29, 0.717) is 11.2 Å². The van der Waals surface area contributed by atoms with Gasteiger partial charge in [-0.1, -0.05) is 25.6 Å². The second-order valence-corrected chi connectivity index (χ2v) is 5.90. The van der Waals surface area contributed by atoms with Crippen molar-refractivity contribution in [3.63, 3.8) is 0 Å². The Morgan fingerprint density at radius 1 is 1.56 bits per heavy atom. The molecule has 2 unspecified atom stereocenters. The van der Waals surface area contributed by atoms with Crippen LogP contribution in [0.1, 0.15) is 26.7 Å². The third-order valence-corrected chi connectivity index (χ3v) is 4.47. The summed E-state index contributed by atoms with van der Waals surface area (Å²) in [5.74, 6) is 0.746. The quantitative estimate of drug-likeness (QED) is 0.758. The van der Waals surface area contributed by atoms with Crippen LogP contribution in [0.2, 0.25) is 0 Å². The first-order valence-corrected chi connectivity index (χ1v) is 6.80. The number of aliphatic imine (C=N–C) groups is 1. The summed E-state index contributed by atoms with van der Waals surface area (Å²) in [6, 6.07) is -0.0779. The van der Waals surface area contributed by atoms with Gasteiger partial charge in [-0.25, -0.2) is 0 Å². The van der Waals surface area contributed by atoms with Crippen LogP contribution in [0.3, 0.4) is 0 Å². The zero-order valence-corrected chi connectivity index (χ0v) is 10.6. The van der Waals surface area contributed by atoms with Crippen molar-refractivity contribution in [1.29, 1.82) is 0 Å². The van der Waals surface area contributed by atoms with Crippen molar-refractivity contribution in [2.75, 3.05) is 13.1 Å². The fraction of sp³-hybridized carbons (Fsp3) is 0.818. The highest BCUT2D eigenvalue weighted by atomic mass is 32.2.